The quantitative estimate of drug-likeness (QED) is 0.149. The molecule has 13 aromatic rings. The standard InChI is InChI=1S/C62H40N2O/c1-3-16-41(17-4-1)42-30-33-46(34-31-42)63(47-35-37-58-56(40-47)51-24-11-13-27-57(51)64(58)45-19-5-2-6-20-45)59-28-15-26-54(55-38-43-18-7-8-21-48(43)49-22-9-10-23-50(49)55)62(59)44-32-36-53-52-25-12-14-29-60(52)65-61(53)39-44/h1-40H. The highest BCUT2D eigenvalue weighted by molar-refractivity contribution is 6.17. The highest BCUT2D eigenvalue weighted by atomic mass is 16.3. The number of hydrogen-bond donors (Lipinski definition) is 0. The van der Waals surface area contributed by atoms with Crippen LogP contribution < -0.4 is 4.90 Å². The lowest BCUT2D eigenvalue weighted by Crippen LogP contribution is -2.12. The lowest BCUT2D eigenvalue weighted by atomic mass is 9.87. The number of nitrogens with zero attached hydrogens (tertiary/aromatic N) is 2. The third-order valence-corrected chi connectivity index (χ3v) is 13.2. The zero-order valence-electron chi connectivity index (χ0n) is 35.4. The summed E-state index contributed by atoms with van der Waals surface area (Å²) in [4.78, 5) is 2.45. The number of fused-ring (bicyclic) bond motifs is 9. The van der Waals surface area contributed by atoms with Crippen LogP contribution in [0.2, 0.25) is 0 Å². The molecule has 2 aromatic heterocycles. The molecule has 0 bridgehead atoms. The smallest absolute Gasteiger partial charge is 0.136 e. The maximum absolute atomic E-state index is 6.62. The molecule has 0 unspecified atom stereocenters. The summed E-state index contributed by atoms with van der Waals surface area (Å²) in [7, 11) is 0. The van der Waals surface area contributed by atoms with Crippen molar-refractivity contribution < 1.29 is 4.42 Å². The Balaban J connectivity index is 1.11. The first-order valence-electron chi connectivity index (χ1n) is 22.2. The predicted molar refractivity (Wildman–Crippen MR) is 274 cm³/mol. The second-order valence-electron chi connectivity index (χ2n) is 16.8. The Morgan fingerprint density at radius 3 is 1.77 bits per heavy atom. The maximum Gasteiger partial charge on any atom is 0.136 e. The van der Waals surface area contributed by atoms with E-state index in [0.717, 1.165) is 66.9 Å². The van der Waals surface area contributed by atoms with Crippen LogP contribution in [-0.4, -0.2) is 4.57 Å². The average Bonchev–Trinajstić information content (AvgIpc) is 3.92. The molecule has 0 spiro atoms. The molecule has 0 fully saturated rings. The Kier molecular flexibility index (Phi) is 8.53. The van der Waals surface area contributed by atoms with Gasteiger partial charge >= 0.3 is 0 Å². The van der Waals surface area contributed by atoms with E-state index in [2.05, 4.69) is 246 Å². The first-order valence-corrected chi connectivity index (χ1v) is 22.2. The summed E-state index contributed by atoms with van der Waals surface area (Å²) in [5, 5.41) is 9.52. The molecule has 3 nitrogen and oxygen atoms in total. The van der Waals surface area contributed by atoms with Gasteiger partial charge in [-0.3, -0.25) is 0 Å². The first-order chi connectivity index (χ1) is 32.2. The third kappa shape index (κ3) is 6.05. The number of aromatic nitrogens is 1. The lowest BCUT2D eigenvalue weighted by molar-refractivity contribution is 0.669. The molecule has 11 aromatic carbocycles. The number of para-hydroxylation sites is 3. The average molecular weight is 829 g/mol. The van der Waals surface area contributed by atoms with E-state index in [4.69, 9.17) is 4.42 Å². The van der Waals surface area contributed by atoms with Crippen LogP contribution in [0, 0.1) is 0 Å². The van der Waals surface area contributed by atoms with Crippen LogP contribution >= 0.6 is 0 Å². The van der Waals surface area contributed by atoms with Gasteiger partial charge in [0.2, 0.25) is 0 Å². The summed E-state index contributed by atoms with van der Waals surface area (Å²) >= 11 is 0. The monoisotopic (exact) mass is 828 g/mol. The molecule has 304 valence electrons. The molecule has 0 amide bonds. The molecule has 0 radical (unpaired) electrons. The van der Waals surface area contributed by atoms with Gasteiger partial charge in [-0.1, -0.05) is 164 Å². The Morgan fingerprint density at radius 2 is 0.938 bits per heavy atom. The second-order valence-corrected chi connectivity index (χ2v) is 16.8. The van der Waals surface area contributed by atoms with Crippen molar-refractivity contribution in [2.75, 3.05) is 4.90 Å². The molecule has 0 saturated carbocycles. The summed E-state index contributed by atoms with van der Waals surface area (Å²) in [6, 6.07) is 87.9. The van der Waals surface area contributed by atoms with E-state index in [1.54, 1.807) is 0 Å². The molecule has 0 aliphatic heterocycles. The van der Waals surface area contributed by atoms with E-state index in [1.807, 2.05) is 6.07 Å². The normalized spacial score (nSPS) is 11.7. The Hall–Kier alpha value is -8.66. The van der Waals surface area contributed by atoms with E-state index in [0.29, 0.717) is 0 Å². The third-order valence-electron chi connectivity index (χ3n) is 13.2. The number of benzene rings is 11. The lowest BCUT2D eigenvalue weighted by Gasteiger charge is -2.30. The van der Waals surface area contributed by atoms with Gasteiger partial charge in [0.05, 0.1) is 16.7 Å². The summed E-state index contributed by atoms with van der Waals surface area (Å²) in [6.45, 7) is 0. The molecule has 65 heavy (non-hydrogen) atoms. The van der Waals surface area contributed by atoms with Crippen LogP contribution in [0.15, 0.2) is 247 Å². The van der Waals surface area contributed by atoms with Crippen molar-refractivity contribution in [3.63, 3.8) is 0 Å². The van der Waals surface area contributed by atoms with Crippen molar-refractivity contribution in [1.29, 1.82) is 0 Å². The highest BCUT2D eigenvalue weighted by Gasteiger charge is 2.24. The van der Waals surface area contributed by atoms with Gasteiger partial charge in [-0.05, 0) is 128 Å². The van der Waals surface area contributed by atoms with E-state index in [1.165, 1.54) is 54.5 Å². The van der Waals surface area contributed by atoms with Crippen LogP contribution in [0.5, 0.6) is 0 Å². The molecule has 0 saturated heterocycles. The first kappa shape index (κ1) is 36.9. The van der Waals surface area contributed by atoms with Crippen LogP contribution in [-0.2, 0) is 0 Å². The van der Waals surface area contributed by atoms with Gasteiger partial charge in [0.25, 0.3) is 0 Å². The molecular weight excluding hydrogens is 789 g/mol. The van der Waals surface area contributed by atoms with E-state index < -0.39 is 0 Å². The molecular formula is C62H40N2O. The van der Waals surface area contributed by atoms with Crippen LogP contribution in [0.25, 0.3) is 104 Å². The largest absolute Gasteiger partial charge is 0.456 e. The number of hydrogen-bond acceptors (Lipinski definition) is 2. The fourth-order valence-electron chi connectivity index (χ4n) is 10.2. The minimum Gasteiger partial charge on any atom is -0.456 e. The van der Waals surface area contributed by atoms with E-state index in [-0.39, 0.29) is 0 Å². The van der Waals surface area contributed by atoms with E-state index >= 15 is 0 Å². The Morgan fingerprint density at radius 1 is 0.323 bits per heavy atom. The maximum atomic E-state index is 6.62. The molecule has 0 N–H and O–H groups in total. The van der Waals surface area contributed by atoms with Gasteiger partial charge < -0.3 is 13.9 Å². The number of furan rings is 1. The van der Waals surface area contributed by atoms with Gasteiger partial charge in [-0.25, -0.2) is 0 Å². The fourth-order valence-corrected chi connectivity index (χ4v) is 10.2. The van der Waals surface area contributed by atoms with Crippen molar-refractivity contribution in [3.05, 3.63) is 243 Å². The molecule has 2 heterocycles. The van der Waals surface area contributed by atoms with Gasteiger partial charge in [0, 0.05) is 44.2 Å². The van der Waals surface area contributed by atoms with Gasteiger partial charge in [-0.2, -0.15) is 0 Å². The Labute approximate surface area is 376 Å². The topological polar surface area (TPSA) is 21.3 Å². The van der Waals surface area contributed by atoms with Crippen molar-refractivity contribution in [3.8, 4) is 39.1 Å². The zero-order chi connectivity index (χ0) is 42.8. The van der Waals surface area contributed by atoms with Gasteiger partial charge in [-0.15, -0.1) is 0 Å². The second kappa shape index (κ2) is 15.0. The summed E-state index contributed by atoms with van der Waals surface area (Å²) in [5.74, 6) is 0. The molecule has 0 aliphatic rings. The summed E-state index contributed by atoms with van der Waals surface area (Å²) in [6.07, 6.45) is 0. The SMILES string of the molecule is c1ccc(-c2ccc(N(c3ccc4c(c3)c3ccccc3n4-c3ccccc3)c3cccc(-c4cc5ccccc5c5ccccc45)c3-c3ccc4c(c3)oc3ccccc34)cc2)cc1. The van der Waals surface area contributed by atoms with Crippen molar-refractivity contribution >= 4 is 82.4 Å². The summed E-state index contributed by atoms with van der Waals surface area (Å²) < 4.78 is 9.01. The minimum absolute atomic E-state index is 0.863. The fraction of sp³-hybridized carbons (Fsp3) is 0. The van der Waals surface area contributed by atoms with Crippen LogP contribution in [0.1, 0.15) is 0 Å². The minimum atomic E-state index is 0.863. The highest BCUT2D eigenvalue weighted by Crippen LogP contribution is 2.49. The molecule has 0 atom stereocenters. The Bertz CT molecular complexity index is 3940. The van der Waals surface area contributed by atoms with Crippen molar-refractivity contribution in [1.82, 2.24) is 4.57 Å². The van der Waals surface area contributed by atoms with Crippen molar-refractivity contribution in [2.24, 2.45) is 0 Å². The van der Waals surface area contributed by atoms with Crippen molar-refractivity contribution in [2.45, 2.75) is 0 Å². The van der Waals surface area contributed by atoms with Crippen LogP contribution in [0.4, 0.5) is 17.1 Å². The molecule has 3 heteroatoms. The predicted octanol–water partition coefficient (Wildman–Crippen LogP) is 17.5. The van der Waals surface area contributed by atoms with Crippen LogP contribution in [0.3, 0.4) is 0 Å². The van der Waals surface area contributed by atoms with Gasteiger partial charge in [0.15, 0.2) is 0 Å². The summed E-state index contributed by atoms with van der Waals surface area (Å²) in [5.41, 5.74) is 15.3. The zero-order valence-corrected chi connectivity index (χ0v) is 35.4. The molecule has 13 rings (SSSR count). The molecule has 0 aliphatic carbocycles. The number of anilines is 3. The van der Waals surface area contributed by atoms with Gasteiger partial charge in [0.1, 0.15) is 11.2 Å². The van der Waals surface area contributed by atoms with E-state index in [9.17, 15) is 0 Å². The number of rotatable bonds is 7.